The van der Waals surface area contributed by atoms with Crippen LogP contribution in [-0.4, -0.2) is 17.4 Å². The van der Waals surface area contributed by atoms with Gasteiger partial charge in [0.1, 0.15) is 5.56 Å². The first-order valence-corrected chi connectivity index (χ1v) is 8.59. The van der Waals surface area contributed by atoms with Crippen LogP contribution in [0.5, 0.6) is 0 Å². The minimum Gasteiger partial charge on any atom is -0.351 e. The van der Waals surface area contributed by atoms with Gasteiger partial charge in [0.15, 0.2) is 0 Å². The summed E-state index contributed by atoms with van der Waals surface area (Å²) in [4.78, 5) is 23.0. The number of para-hydroxylation sites is 1. The van der Waals surface area contributed by atoms with Crippen molar-refractivity contribution >= 4 is 27.5 Å². The van der Waals surface area contributed by atoms with Crippen LogP contribution in [-0.2, 0) is 5.41 Å². The van der Waals surface area contributed by atoms with E-state index in [1.54, 1.807) is 12.1 Å². The fourth-order valence-corrected chi connectivity index (χ4v) is 3.56. The monoisotopic (exact) mass is 388 g/mol. The van der Waals surface area contributed by atoms with Crippen LogP contribution in [0.3, 0.4) is 0 Å². The summed E-state index contributed by atoms with van der Waals surface area (Å²) >= 11 is 3.49. The molecule has 0 aliphatic heterocycles. The summed E-state index contributed by atoms with van der Waals surface area (Å²) in [5.41, 5.74) is 1.04. The molecule has 24 heavy (non-hydrogen) atoms. The zero-order valence-electron chi connectivity index (χ0n) is 13.0. The maximum atomic E-state index is 12.4. The van der Waals surface area contributed by atoms with Gasteiger partial charge in [-0.3, -0.25) is 14.9 Å². The van der Waals surface area contributed by atoms with E-state index in [-0.39, 0.29) is 16.7 Å². The summed E-state index contributed by atoms with van der Waals surface area (Å²) in [5.74, 6) is -0.399. The lowest BCUT2D eigenvalue weighted by Crippen LogP contribution is -2.45. The number of halogens is 1. The van der Waals surface area contributed by atoms with E-state index < -0.39 is 10.8 Å². The van der Waals surface area contributed by atoms with E-state index in [1.165, 1.54) is 17.7 Å². The molecule has 0 heterocycles. The molecule has 0 unspecified atom stereocenters. The van der Waals surface area contributed by atoms with Crippen LogP contribution < -0.4 is 5.32 Å². The second kappa shape index (κ2) is 6.73. The maximum absolute atomic E-state index is 12.4. The summed E-state index contributed by atoms with van der Waals surface area (Å²) in [6.07, 6.45) is 3.12. The van der Waals surface area contributed by atoms with Gasteiger partial charge < -0.3 is 5.32 Å². The predicted molar refractivity (Wildman–Crippen MR) is 95.1 cm³/mol. The molecule has 0 atom stereocenters. The molecule has 2 aromatic rings. The molecule has 6 heteroatoms. The SMILES string of the molecule is O=C(NCC1(c2cccc(Br)c2)CCC1)c1ccccc1[N+](=O)[O-]. The summed E-state index contributed by atoms with van der Waals surface area (Å²) < 4.78 is 1.01. The zero-order chi connectivity index (χ0) is 17.2. The van der Waals surface area contributed by atoms with E-state index in [2.05, 4.69) is 33.4 Å². The number of nitrogens with zero attached hydrogens (tertiary/aromatic N) is 1. The van der Waals surface area contributed by atoms with Gasteiger partial charge in [-0.2, -0.15) is 0 Å². The van der Waals surface area contributed by atoms with Crippen molar-refractivity contribution in [2.75, 3.05) is 6.54 Å². The maximum Gasteiger partial charge on any atom is 0.282 e. The van der Waals surface area contributed by atoms with Crippen LogP contribution in [0.1, 0.15) is 35.2 Å². The van der Waals surface area contributed by atoms with E-state index in [0.717, 1.165) is 23.7 Å². The molecule has 1 amide bonds. The first-order valence-electron chi connectivity index (χ1n) is 7.79. The van der Waals surface area contributed by atoms with E-state index in [4.69, 9.17) is 0 Å². The Kier molecular flexibility index (Phi) is 4.66. The molecule has 2 aromatic carbocycles. The Morgan fingerprint density at radius 3 is 2.58 bits per heavy atom. The number of hydrogen-bond donors (Lipinski definition) is 1. The lowest BCUT2D eigenvalue weighted by atomic mass is 9.64. The fraction of sp³-hybridized carbons (Fsp3) is 0.278. The van der Waals surface area contributed by atoms with Gasteiger partial charge in [-0.25, -0.2) is 0 Å². The molecule has 0 aromatic heterocycles. The average Bonchev–Trinajstić information content (AvgIpc) is 2.53. The Hall–Kier alpha value is -2.21. The van der Waals surface area contributed by atoms with Crippen molar-refractivity contribution in [3.63, 3.8) is 0 Å². The molecule has 1 N–H and O–H groups in total. The molecule has 124 valence electrons. The van der Waals surface area contributed by atoms with Crippen LogP contribution in [0, 0.1) is 10.1 Å². The summed E-state index contributed by atoms with van der Waals surface area (Å²) in [6.45, 7) is 0.480. The highest BCUT2D eigenvalue weighted by Crippen LogP contribution is 2.43. The number of amides is 1. The Morgan fingerprint density at radius 2 is 1.96 bits per heavy atom. The van der Waals surface area contributed by atoms with Crippen molar-refractivity contribution in [3.8, 4) is 0 Å². The number of carbonyl (C=O) groups is 1. The fourth-order valence-electron chi connectivity index (χ4n) is 3.16. The van der Waals surface area contributed by atoms with Crippen LogP contribution in [0.25, 0.3) is 0 Å². The molecule has 1 aliphatic rings. The van der Waals surface area contributed by atoms with Crippen molar-refractivity contribution in [1.82, 2.24) is 5.32 Å². The number of nitro groups is 1. The highest BCUT2D eigenvalue weighted by molar-refractivity contribution is 9.10. The second-order valence-electron chi connectivity index (χ2n) is 6.10. The molecule has 1 saturated carbocycles. The van der Waals surface area contributed by atoms with Crippen molar-refractivity contribution in [3.05, 3.63) is 74.2 Å². The Morgan fingerprint density at radius 1 is 1.21 bits per heavy atom. The molecule has 0 bridgehead atoms. The molecular formula is C18H17BrN2O3. The molecule has 5 nitrogen and oxygen atoms in total. The minimum absolute atomic E-state index is 0.0804. The van der Waals surface area contributed by atoms with E-state index in [9.17, 15) is 14.9 Å². The third-order valence-electron chi connectivity index (χ3n) is 4.68. The standard InChI is InChI=1S/C18H17BrN2O3/c19-14-6-3-5-13(11-14)18(9-4-10-18)12-20-17(22)15-7-1-2-8-16(15)21(23)24/h1-3,5-8,11H,4,9-10,12H2,(H,20,22). The molecule has 0 radical (unpaired) electrons. The van der Waals surface area contributed by atoms with Gasteiger partial charge in [0.05, 0.1) is 4.92 Å². The van der Waals surface area contributed by atoms with Crippen molar-refractivity contribution < 1.29 is 9.72 Å². The minimum atomic E-state index is -0.525. The van der Waals surface area contributed by atoms with Gasteiger partial charge >= 0.3 is 0 Å². The molecule has 3 rings (SSSR count). The van der Waals surface area contributed by atoms with E-state index in [1.807, 2.05) is 12.1 Å². The van der Waals surface area contributed by atoms with E-state index in [0.29, 0.717) is 6.54 Å². The largest absolute Gasteiger partial charge is 0.351 e. The highest BCUT2D eigenvalue weighted by Gasteiger charge is 2.39. The van der Waals surface area contributed by atoms with Gasteiger partial charge in [0.25, 0.3) is 11.6 Å². The Bertz CT molecular complexity index is 787. The summed E-state index contributed by atoms with van der Waals surface area (Å²) in [6, 6.07) is 14.1. The predicted octanol–water partition coefficient (Wildman–Crippen LogP) is 4.21. The third-order valence-corrected chi connectivity index (χ3v) is 5.17. The van der Waals surface area contributed by atoms with Crippen LogP contribution in [0.2, 0.25) is 0 Å². The number of rotatable bonds is 5. The number of benzene rings is 2. The lowest BCUT2D eigenvalue weighted by molar-refractivity contribution is -0.385. The summed E-state index contributed by atoms with van der Waals surface area (Å²) in [7, 11) is 0. The number of carbonyl (C=O) groups excluding carboxylic acids is 1. The van der Waals surface area contributed by atoms with Gasteiger partial charge in [0, 0.05) is 22.5 Å². The molecule has 1 aliphatic carbocycles. The van der Waals surface area contributed by atoms with Gasteiger partial charge in [0.2, 0.25) is 0 Å². The Labute approximate surface area is 148 Å². The topological polar surface area (TPSA) is 72.2 Å². The van der Waals surface area contributed by atoms with Crippen molar-refractivity contribution in [2.24, 2.45) is 0 Å². The van der Waals surface area contributed by atoms with Crippen molar-refractivity contribution in [2.45, 2.75) is 24.7 Å². The molecule has 0 spiro atoms. The third kappa shape index (κ3) is 3.19. The first-order chi connectivity index (χ1) is 11.5. The van der Waals surface area contributed by atoms with Crippen LogP contribution in [0.15, 0.2) is 53.0 Å². The first kappa shape index (κ1) is 16.6. The average molecular weight is 389 g/mol. The van der Waals surface area contributed by atoms with Gasteiger partial charge in [-0.15, -0.1) is 0 Å². The quantitative estimate of drug-likeness (QED) is 0.615. The van der Waals surface area contributed by atoms with Crippen LogP contribution in [0.4, 0.5) is 5.69 Å². The van der Waals surface area contributed by atoms with Crippen molar-refractivity contribution in [1.29, 1.82) is 0 Å². The smallest absolute Gasteiger partial charge is 0.282 e. The zero-order valence-corrected chi connectivity index (χ0v) is 14.6. The van der Waals surface area contributed by atoms with Crippen LogP contribution >= 0.6 is 15.9 Å². The van der Waals surface area contributed by atoms with E-state index >= 15 is 0 Å². The normalized spacial score (nSPS) is 15.4. The molecule has 0 saturated heterocycles. The molecule has 1 fully saturated rings. The lowest BCUT2D eigenvalue weighted by Gasteiger charge is -2.42. The Balaban J connectivity index is 1.77. The number of nitrogens with one attached hydrogen (secondary N) is 1. The summed E-state index contributed by atoms with van der Waals surface area (Å²) in [5, 5.41) is 14.0. The highest BCUT2D eigenvalue weighted by atomic mass is 79.9. The second-order valence-corrected chi connectivity index (χ2v) is 7.02. The number of hydrogen-bond acceptors (Lipinski definition) is 3. The molecular weight excluding hydrogens is 372 g/mol. The van der Waals surface area contributed by atoms with Gasteiger partial charge in [-0.1, -0.05) is 46.6 Å². The number of nitro benzene ring substituents is 1. The van der Waals surface area contributed by atoms with Gasteiger partial charge in [-0.05, 0) is 36.6 Å².